The number of aromatic hydroxyl groups is 1. The molecule has 0 aliphatic heterocycles. The van der Waals surface area contributed by atoms with Gasteiger partial charge in [-0.3, -0.25) is 9.59 Å². The Morgan fingerprint density at radius 1 is 1.38 bits per heavy atom. The number of hydrogen-bond acceptors (Lipinski definition) is 3. The maximum absolute atomic E-state index is 10.7. The molecule has 0 aliphatic rings. The molecule has 4 nitrogen and oxygen atoms in total. The lowest BCUT2D eigenvalue weighted by Gasteiger charge is -1.93. The van der Waals surface area contributed by atoms with E-state index in [-0.39, 0.29) is 17.2 Å². The van der Waals surface area contributed by atoms with Crippen molar-refractivity contribution < 1.29 is 9.90 Å². The highest BCUT2D eigenvalue weighted by Gasteiger charge is 2.01. The SMILES string of the molecule is CC.CC(=O)c1ccc(O)c(=O)[nH]1. The smallest absolute Gasteiger partial charge is 0.290 e. The van der Waals surface area contributed by atoms with Gasteiger partial charge in [-0.25, -0.2) is 0 Å². The van der Waals surface area contributed by atoms with E-state index < -0.39 is 5.56 Å². The van der Waals surface area contributed by atoms with Gasteiger partial charge in [-0.2, -0.15) is 0 Å². The van der Waals surface area contributed by atoms with Gasteiger partial charge in [-0.1, -0.05) is 13.8 Å². The fourth-order valence-electron chi connectivity index (χ4n) is 0.671. The Morgan fingerprint density at radius 2 is 1.92 bits per heavy atom. The van der Waals surface area contributed by atoms with Gasteiger partial charge >= 0.3 is 0 Å². The van der Waals surface area contributed by atoms with E-state index in [9.17, 15) is 9.59 Å². The second-order valence-corrected chi connectivity index (χ2v) is 2.14. The Kier molecular flexibility index (Phi) is 4.51. The van der Waals surface area contributed by atoms with Gasteiger partial charge in [-0.15, -0.1) is 0 Å². The first-order valence-corrected chi connectivity index (χ1v) is 4.04. The van der Waals surface area contributed by atoms with E-state index in [2.05, 4.69) is 4.98 Å². The van der Waals surface area contributed by atoms with Crippen LogP contribution >= 0.6 is 0 Å². The maximum atomic E-state index is 10.7. The van der Waals surface area contributed by atoms with Crippen molar-refractivity contribution in [3.8, 4) is 5.75 Å². The molecule has 4 heteroatoms. The lowest BCUT2D eigenvalue weighted by molar-refractivity contribution is 0.101. The van der Waals surface area contributed by atoms with Crippen molar-refractivity contribution in [3.05, 3.63) is 28.2 Å². The fourth-order valence-corrected chi connectivity index (χ4v) is 0.671. The monoisotopic (exact) mass is 183 g/mol. The van der Waals surface area contributed by atoms with Crippen LogP contribution in [-0.2, 0) is 0 Å². The molecule has 0 amide bonds. The third kappa shape index (κ3) is 3.11. The van der Waals surface area contributed by atoms with Gasteiger partial charge in [0.2, 0.25) is 0 Å². The lowest BCUT2D eigenvalue weighted by atomic mass is 10.3. The first-order chi connectivity index (χ1) is 6.11. The molecule has 13 heavy (non-hydrogen) atoms. The van der Waals surface area contributed by atoms with Gasteiger partial charge in [0, 0.05) is 6.92 Å². The van der Waals surface area contributed by atoms with Crippen LogP contribution in [0.2, 0.25) is 0 Å². The van der Waals surface area contributed by atoms with Gasteiger partial charge in [0.25, 0.3) is 5.56 Å². The summed E-state index contributed by atoms with van der Waals surface area (Å²) < 4.78 is 0. The summed E-state index contributed by atoms with van der Waals surface area (Å²) in [6.45, 7) is 5.34. The Morgan fingerprint density at radius 3 is 2.31 bits per heavy atom. The molecule has 0 atom stereocenters. The van der Waals surface area contributed by atoms with E-state index >= 15 is 0 Å². The molecule has 0 spiro atoms. The maximum Gasteiger partial charge on any atom is 0.290 e. The summed E-state index contributed by atoms with van der Waals surface area (Å²) >= 11 is 0. The zero-order valence-corrected chi connectivity index (χ0v) is 7.92. The number of carbonyl (C=O) groups is 1. The van der Waals surface area contributed by atoms with Crippen molar-refractivity contribution in [1.29, 1.82) is 0 Å². The third-order valence-electron chi connectivity index (χ3n) is 1.27. The minimum atomic E-state index is -0.641. The first-order valence-electron chi connectivity index (χ1n) is 4.04. The number of pyridine rings is 1. The number of H-pyrrole nitrogens is 1. The van der Waals surface area contributed by atoms with Crippen LogP contribution in [0, 0.1) is 0 Å². The van der Waals surface area contributed by atoms with Crippen LogP contribution in [0.3, 0.4) is 0 Å². The number of aromatic nitrogens is 1. The van der Waals surface area contributed by atoms with E-state index in [0.29, 0.717) is 0 Å². The molecule has 0 aliphatic carbocycles. The van der Waals surface area contributed by atoms with Crippen molar-refractivity contribution in [2.24, 2.45) is 0 Å². The number of hydrogen-bond donors (Lipinski definition) is 2. The molecular weight excluding hydrogens is 170 g/mol. The van der Waals surface area contributed by atoms with Crippen molar-refractivity contribution in [2.75, 3.05) is 0 Å². The van der Waals surface area contributed by atoms with Crippen molar-refractivity contribution in [3.63, 3.8) is 0 Å². The molecule has 0 saturated heterocycles. The van der Waals surface area contributed by atoms with E-state index in [1.54, 1.807) is 0 Å². The van der Waals surface area contributed by atoms with Crippen molar-refractivity contribution in [2.45, 2.75) is 20.8 Å². The average Bonchev–Trinajstić information content (AvgIpc) is 2.13. The van der Waals surface area contributed by atoms with Crippen LogP contribution < -0.4 is 5.56 Å². The number of nitrogens with one attached hydrogen (secondary N) is 1. The molecular formula is C9H13NO3. The topological polar surface area (TPSA) is 70.2 Å². The Bertz CT molecular complexity index is 341. The van der Waals surface area contributed by atoms with Crippen LogP contribution in [0.5, 0.6) is 5.75 Å². The molecule has 0 saturated carbocycles. The molecule has 1 aromatic heterocycles. The summed E-state index contributed by atoms with van der Waals surface area (Å²) in [6.07, 6.45) is 0. The predicted octanol–water partition coefficient (Wildman–Crippen LogP) is 1.31. The quantitative estimate of drug-likeness (QED) is 0.645. The van der Waals surface area contributed by atoms with Crippen LogP contribution in [-0.4, -0.2) is 15.9 Å². The fraction of sp³-hybridized carbons (Fsp3) is 0.333. The van der Waals surface area contributed by atoms with Crippen LogP contribution in [0.1, 0.15) is 31.3 Å². The zero-order chi connectivity index (χ0) is 10.4. The Labute approximate surface area is 76.2 Å². The molecule has 1 rings (SSSR count). The molecule has 0 radical (unpaired) electrons. The minimum Gasteiger partial charge on any atom is -0.503 e. The Balaban J connectivity index is 0.000000671. The second kappa shape index (κ2) is 5.13. The number of Topliss-reactive ketones (excluding diaryl/α,β-unsaturated/α-hetero) is 1. The summed E-state index contributed by atoms with van der Waals surface area (Å²) in [5.74, 6) is -0.614. The molecule has 0 fully saturated rings. The summed E-state index contributed by atoms with van der Waals surface area (Å²) in [6, 6.07) is 2.55. The standard InChI is InChI=1S/C7H7NO3.C2H6/c1-4(9)5-2-3-6(10)7(11)8-5;1-2/h2-3,10H,1H3,(H,8,11);1-2H3. The highest BCUT2D eigenvalue weighted by Crippen LogP contribution is 1.99. The Hall–Kier alpha value is -1.58. The third-order valence-corrected chi connectivity index (χ3v) is 1.27. The minimum absolute atomic E-state index is 0.202. The summed E-state index contributed by atoms with van der Waals surface area (Å²) in [5, 5.41) is 8.77. The summed E-state index contributed by atoms with van der Waals surface area (Å²) in [7, 11) is 0. The highest BCUT2D eigenvalue weighted by atomic mass is 16.3. The van der Waals surface area contributed by atoms with Crippen LogP contribution in [0.15, 0.2) is 16.9 Å². The largest absolute Gasteiger partial charge is 0.503 e. The number of carbonyl (C=O) groups excluding carboxylic acids is 1. The average molecular weight is 183 g/mol. The number of aromatic amines is 1. The molecule has 0 bridgehead atoms. The first kappa shape index (κ1) is 11.4. The molecule has 0 aromatic carbocycles. The van der Waals surface area contributed by atoms with E-state index in [0.717, 1.165) is 0 Å². The predicted molar refractivity (Wildman–Crippen MR) is 50.1 cm³/mol. The number of ketones is 1. The van der Waals surface area contributed by atoms with E-state index in [1.807, 2.05) is 13.8 Å². The van der Waals surface area contributed by atoms with Crippen molar-refractivity contribution >= 4 is 5.78 Å². The van der Waals surface area contributed by atoms with Gasteiger partial charge < -0.3 is 10.1 Å². The van der Waals surface area contributed by atoms with Gasteiger partial charge in [0.15, 0.2) is 11.5 Å². The molecule has 72 valence electrons. The van der Waals surface area contributed by atoms with Crippen molar-refractivity contribution in [1.82, 2.24) is 4.98 Å². The lowest BCUT2D eigenvalue weighted by Crippen LogP contribution is -2.09. The van der Waals surface area contributed by atoms with Gasteiger partial charge in [-0.05, 0) is 12.1 Å². The van der Waals surface area contributed by atoms with Crippen LogP contribution in [0.25, 0.3) is 0 Å². The van der Waals surface area contributed by atoms with Gasteiger partial charge in [0.1, 0.15) is 0 Å². The molecule has 0 unspecified atom stereocenters. The number of rotatable bonds is 1. The molecule has 2 N–H and O–H groups in total. The van der Waals surface area contributed by atoms with Gasteiger partial charge in [0.05, 0.1) is 5.69 Å². The van der Waals surface area contributed by atoms with E-state index in [1.165, 1.54) is 19.1 Å². The second-order valence-electron chi connectivity index (χ2n) is 2.14. The van der Waals surface area contributed by atoms with E-state index in [4.69, 9.17) is 5.11 Å². The summed E-state index contributed by atoms with van der Waals surface area (Å²) in [4.78, 5) is 23.6. The summed E-state index contributed by atoms with van der Waals surface area (Å²) in [5.41, 5.74) is -0.439. The molecule has 1 aromatic rings. The molecule has 1 heterocycles. The normalized spacial score (nSPS) is 8.54. The van der Waals surface area contributed by atoms with Crippen LogP contribution in [0.4, 0.5) is 0 Å². The highest BCUT2D eigenvalue weighted by molar-refractivity contribution is 5.92. The zero-order valence-electron chi connectivity index (χ0n) is 7.92.